The zero-order valence-corrected chi connectivity index (χ0v) is 19.4. The second kappa shape index (κ2) is 11.9. The van der Waals surface area contributed by atoms with E-state index in [1.54, 1.807) is 75.1 Å². The molecule has 0 fully saturated rings. The van der Waals surface area contributed by atoms with E-state index in [9.17, 15) is 4.79 Å². The van der Waals surface area contributed by atoms with E-state index >= 15 is 0 Å². The Kier molecular flexibility index (Phi) is 8.46. The number of hydrogen-bond acceptors (Lipinski definition) is 6. The molecule has 0 aliphatic carbocycles. The topological polar surface area (TPSA) is 85.1 Å². The van der Waals surface area contributed by atoms with Gasteiger partial charge in [0, 0.05) is 11.8 Å². The van der Waals surface area contributed by atoms with Crippen LogP contribution in [0.25, 0.3) is 12.2 Å². The Morgan fingerprint density at radius 2 is 1.79 bits per heavy atom. The molecule has 0 saturated carbocycles. The van der Waals surface area contributed by atoms with E-state index in [1.807, 2.05) is 31.2 Å². The molecule has 0 aliphatic rings. The molecule has 0 spiro atoms. The van der Waals surface area contributed by atoms with Crippen molar-refractivity contribution in [2.45, 2.75) is 6.92 Å². The van der Waals surface area contributed by atoms with E-state index in [2.05, 4.69) is 22.4 Å². The summed E-state index contributed by atoms with van der Waals surface area (Å²) in [6.45, 7) is 5.91. The van der Waals surface area contributed by atoms with Crippen molar-refractivity contribution in [3.05, 3.63) is 107 Å². The van der Waals surface area contributed by atoms with Crippen molar-refractivity contribution in [3.8, 4) is 11.5 Å². The monoisotopic (exact) mass is 457 g/mol. The molecule has 0 bridgehead atoms. The molecular formula is C27H27N3O4. The molecule has 34 heavy (non-hydrogen) atoms. The molecule has 0 unspecified atom stereocenters. The molecule has 0 saturated heterocycles. The van der Waals surface area contributed by atoms with Gasteiger partial charge in [0.05, 0.1) is 25.6 Å². The minimum Gasteiger partial charge on any atom is -0.493 e. The third-order valence-electron chi connectivity index (χ3n) is 4.71. The number of ether oxygens (including phenoxy) is 2. The average Bonchev–Trinajstić information content (AvgIpc) is 3.28. The number of nitrogens with one attached hydrogen (secondary N) is 2. The van der Waals surface area contributed by atoms with Gasteiger partial charge in [-0.15, -0.1) is 0 Å². The summed E-state index contributed by atoms with van der Waals surface area (Å²) in [5.74, 6) is 2.47. The van der Waals surface area contributed by atoms with Crippen LogP contribution in [-0.2, 0) is 0 Å². The Morgan fingerprint density at radius 1 is 1.03 bits per heavy atom. The van der Waals surface area contributed by atoms with Crippen LogP contribution in [0.2, 0.25) is 0 Å². The first kappa shape index (κ1) is 24.1. The molecule has 174 valence electrons. The number of hydrogen-bond donors (Lipinski definition) is 2. The van der Waals surface area contributed by atoms with Gasteiger partial charge in [-0.05, 0) is 67.1 Å². The molecule has 0 radical (unpaired) electrons. The molecule has 0 atom stereocenters. The van der Waals surface area contributed by atoms with Crippen LogP contribution >= 0.6 is 0 Å². The lowest BCUT2D eigenvalue weighted by Crippen LogP contribution is -2.26. The van der Waals surface area contributed by atoms with E-state index in [0.717, 1.165) is 17.1 Å². The predicted octanol–water partition coefficient (Wildman–Crippen LogP) is 5.18. The Balaban J connectivity index is 1.79. The Hall–Kier alpha value is -4.52. The van der Waals surface area contributed by atoms with E-state index in [4.69, 9.17) is 13.9 Å². The van der Waals surface area contributed by atoms with Crippen LogP contribution in [0.5, 0.6) is 11.5 Å². The number of aryl methyl sites for hydroxylation is 1. The number of carbonyl (C=O) groups excluding carboxylic acids is 1. The largest absolute Gasteiger partial charge is 0.493 e. The van der Waals surface area contributed by atoms with E-state index in [-0.39, 0.29) is 5.91 Å². The summed E-state index contributed by atoms with van der Waals surface area (Å²) in [5, 5.41) is 7.06. The van der Waals surface area contributed by atoms with Crippen molar-refractivity contribution in [2.24, 2.45) is 5.10 Å². The van der Waals surface area contributed by atoms with Crippen molar-refractivity contribution in [2.75, 3.05) is 14.2 Å². The number of hydrazone groups is 1. The fraction of sp³-hybridized carbons (Fsp3) is 0.111. The van der Waals surface area contributed by atoms with Gasteiger partial charge < -0.3 is 19.2 Å². The quantitative estimate of drug-likeness (QED) is 0.249. The van der Waals surface area contributed by atoms with E-state index in [1.165, 1.54) is 0 Å². The zero-order chi connectivity index (χ0) is 24.3. The maximum absolute atomic E-state index is 12.8. The zero-order valence-electron chi connectivity index (χ0n) is 19.4. The first-order valence-corrected chi connectivity index (χ1v) is 10.5. The molecule has 7 nitrogen and oxygen atoms in total. The highest BCUT2D eigenvalue weighted by atomic mass is 16.5. The van der Waals surface area contributed by atoms with Gasteiger partial charge in [0.25, 0.3) is 5.91 Å². The van der Waals surface area contributed by atoms with Crippen molar-refractivity contribution in [1.29, 1.82) is 0 Å². The smallest absolute Gasteiger partial charge is 0.255 e. The molecule has 3 rings (SSSR count). The Bertz CT molecular complexity index is 1220. The van der Waals surface area contributed by atoms with E-state index in [0.29, 0.717) is 28.5 Å². The highest BCUT2D eigenvalue weighted by Gasteiger charge is 2.11. The third-order valence-corrected chi connectivity index (χ3v) is 4.71. The van der Waals surface area contributed by atoms with Gasteiger partial charge in [0.2, 0.25) is 0 Å². The van der Waals surface area contributed by atoms with Gasteiger partial charge >= 0.3 is 0 Å². The fourth-order valence-electron chi connectivity index (χ4n) is 2.99. The molecule has 0 aliphatic heterocycles. The fourth-order valence-corrected chi connectivity index (χ4v) is 2.99. The average molecular weight is 458 g/mol. The van der Waals surface area contributed by atoms with Crippen LogP contribution in [0, 0.1) is 6.92 Å². The van der Waals surface area contributed by atoms with E-state index < -0.39 is 0 Å². The van der Waals surface area contributed by atoms with Crippen LogP contribution in [0.3, 0.4) is 0 Å². The third kappa shape index (κ3) is 6.74. The summed E-state index contributed by atoms with van der Waals surface area (Å²) in [6.07, 6.45) is 6.86. The summed E-state index contributed by atoms with van der Waals surface area (Å²) in [7, 11) is 3.14. The number of amides is 1. The van der Waals surface area contributed by atoms with Crippen molar-refractivity contribution in [1.82, 2.24) is 10.7 Å². The number of carbonyl (C=O) groups is 1. The Morgan fingerprint density at radius 3 is 2.47 bits per heavy atom. The SMILES string of the molecule is C=C(N/N=C\C=C\c1ccc(C)o1)/C(=C\c1ccc(OC)c(OC)c1)NC(=O)c1ccccc1. The maximum Gasteiger partial charge on any atom is 0.255 e. The van der Waals surface area contributed by atoms with Crippen LogP contribution < -0.4 is 20.2 Å². The number of nitrogens with zero attached hydrogens (tertiary/aromatic N) is 1. The molecular weight excluding hydrogens is 430 g/mol. The van der Waals surface area contributed by atoms with Gasteiger partial charge in [-0.1, -0.05) is 30.8 Å². The highest BCUT2D eigenvalue weighted by Crippen LogP contribution is 2.28. The predicted molar refractivity (Wildman–Crippen MR) is 135 cm³/mol. The molecule has 3 aromatic rings. The van der Waals surface area contributed by atoms with Crippen molar-refractivity contribution >= 4 is 24.3 Å². The second-order valence-corrected chi connectivity index (χ2v) is 7.17. The van der Waals surface area contributed by atoms with Crippen LogP contribution in [-0.4, -0.2) is 26.3 Å². The summed E-state index contributed by atoms with van der Waals surface area (Å²) in [4.78, 5) is 12.8. The van der Waals surface area contributed by atoms with Gasteiger partial charge in [0.1, 0.15) is 11.5 Å². The summed E-state index contributed by atoms with van der Waals surface area (Å²) < 4.78 is 16.2. The van der Waals surface area contributed by atoms with Gasteiger partial charge in [-0.3, -0.25) is 10.2 Å². The number of methoxy groups -OCH3 is 2. The first-order valence-electron chi connectivity index (χ1n) is 10.5. The molecule has 1 amide bonds. The van der Waals surface area contributed by atoms with Crippen LogP contribution in [0.4, 0.5) is 0 Å². The van der Waals surface area contributed by atoms with Gasteiger partial charge in [0.15, 0.2) is 11.5 Å². The highest BCUT2D eigenvalue weighted by molar-refractivity contribution is 5.96. The lowest BCUT2D eigenvalue weighted by atomic mass is 10.1. The summed E-state index contributed by atoms with van der Waals surface area (Å²) in [5.41, 5.74) is 5.01. The number of rotatable bonds is 10. The first-order chi connectivity index (χ1) is 16.5. The molecule has 1 aromatic heterocycles. The summed E-state index contributed by atoms with van der Waals surface area (Å²) >= 11 is 0. The standard InChI is InChI=1S/C27H27N3O4/c1-19-12-14-23(34-19)11-8-16-28-30-20(2)24(29-27(31)22-9-6-5-7-10-22)17-21-13-15-25(32-3)26(18-21)33-4/h5-18,30H,2H2,1,3-4H3,(H,29,31)/b11-8+,24-17+,28-16-. The Labute approximate surface area is 199 Å². The second-order valence-electron chi connectivity index (χ2n) is 7.17. The molecule has 1 heterocycles. The minimum absolute atomic E-state index is 0.271. The molecule has 7 heteroatoms. The van der Waals surface area contributed by atoms with Crippen molar-refractivity contribution < 1.29 is 18.7 Å². The number of allylic oxidation sites excluding steroid dienone is 1. The lowest BCUT2D eigenvalue weighted by molar-refractivity contribution is 0.0966. The van der Waals surface area contributed by atoms with Crippen LogP contribution in [0.15, 0.2) is 94.2 Å². The lowest BCUT2D eigenvalue weighted by Gasteiger charge is -2.13. The number of benzene rings is 2. The molecule has 2 N–H and O–H groups in total. The van der Waals surface area contributed by atoms with Gasteiger partial charge in [-0.25, -0.2) is 0 Å². The normalized spacial score (nSPS) is 11.6. The maximum atomic E-state index is 12.8. The van der Waals surface area contributed by atoms with Crippen LogP contribution in [0.1, 0.15) is 27.4 Å². The van der Waals surface area contributed by atoms with Crippen molar-refractivity contribution in [3.63, 3.8) is 0 Å². The van der Waals surface area contributed by atoms with Gasteiger partial charge in [-0.2, -0.15) is 5.10 Å². The minimum atomic E-state index is -0.271. The molecule has 2 aromatic carbocycles. The number of furan rings is 1. The summed E-state index contributed by atoms with van der Waals surface area (Å²) in [6, 6.07) is 18.1.